The van der Waals surface area contributed by atoms with Crippen molar-refractivity contribution in [3.8, 4) is 0 Å². The minimum atomic E-state index is -0.548. The van der Waals surface area contributed by atoms with Gasteiger partial charge in [0.1, 0.15) is 17.9 Å². The van der Waals surface area contributed by atoms with E-state index in [4.69, 9.17) is 4.42 Å². The van der Waals surface area contributed by atoms with Gasteiger partial charge in [0.05, 0.1) is 28.7 Å². The van der Waals surface area contributed by atoms with E-state index in [2.05, 4.69) is 0 Å². The predicted octanol–water partition coefficient (Wildman–Crippen LogP) is 5.62. The lowest BCUT2D eigenvalue weighted by Crippen LogP contribution is -2.43. The van der Waals surface area contributed by atoms with E-state index in [-0.39, 0.29) is 48.4 Å². The number of amides is 2. The summed E-state index contributed by atoms with van der Waals surface area (Å²) in [4.78, 5) is 54.1. The molecule has 0 aliphatic carbocycles. The topological polar surface area (TPSA) is 114 Å². The van der Waals surface area contributed by atoms with Crippen molar-refractivity contribution in [2.45, 2.75) is 39.8 Å². The van der Waals surface area contributed by atoms with Crippen LogP contribution in [0.5, 0.6) is 0 Å². The molecule has 0 atom stereocenters. The van der Waals surface area contributed by atoms with Gasteiger partial charge >= 0.3 is 0 Å². The third-order valence-corrected chi connectivity index (χ3v) is 6.80. The Hall–Kier alpha value is -4.86. The number of halogens is 1. The fourth-order valence-electron chi connectivity index (χ4n) is 4.46. The smallest absolute Gasteiger partial charge is 0.273 e. The zero-order valence-electron chi connectivity index (χ0n) is 22.8. The Morgan fingerprint density at radius 2 is 1.73 bits per heavy atom. The van der Waals surface area contributed by atoms with Crippen molar-refractivity contribution >= 4 is 28.5 Å². The first-order valence-electron chi connectivity index (χ1n) is 13.2. The molecule has 10 heteroatoms. The van der Waals surface area contributed by atoms with Crippen LogP contribution in [0.3, 0.4) is 0 Å². The van der Waals surface area contributed by atoms with Crippen LogP contribution in [0, 0.1) is 22.9 Å². The van der Waals surface area contributed by atoms with Crippen LogP contribution in [0.25, 0.3) is 11.0 Å². The Morgan fingerprint density at radius 3 is 2.44 bits per heavy atom. The van der Waals surface area contributed by atoms with Crippen LogP contribution in [0.15, 0.2) is 82.2 Å². The first kappa shape index (κ1) is 29.1. The molecule has 0 radical (unpaired) electrons. The van der Waals surface area contributed by atoms with Crippen molar-refractivity contribution in [2.75, 3.05) is 13.1 Å². The van der Waals surface area contributed by atoms with E-state index in [9.17, 15) is 28.9 Å². The number of nitro groups is 1. The molecule has 0 aliphatic heterocycles. The number of unbranched alkanes of at least 4 members (excludes halogenated alkanes) is 1. The molecule has 0 unspecified atom stereocenters. The highest BCUT2D eigenvalue weighted by Gasteiger charge is 2.25. The summed E-state index contributed by atoms with van der Waals surface area (Å²) >= 11 is 0. The number of rotatable bonds is 11. The van der Waals surface area contributed by atoms with Gasteiger partial charge in [-0.3, -0.25) is 24.5 Å². The number of carbonyl (C=O) groups excluding carboxylic acids is 2. The Labute approximate surface area is 236 Å². The maximum absolute atomic E-state index is 13.7. The number of hydrogen-bond acceptors (Lipinski definition) is 6. The second-order valence-electron chi connectivity index (χ2n) is 9.80. The van der Waals surface area contributed by atoms with Crippen molar-refractivity contribution in [3.05, 3.63) is 121 Å². The molecule has 4 rings (SSSR count). The van der Waals surface area contributed by atoms with Crippen molar-refractivity contribution in [2.24, 2.45) is 0 Å². The number of aryl methyl sites for hydroxylation is 1. The molecule has 0 aliphatic rings. The largest absolute Gasteiger partial charge is 0.464 e. The molecule has 0 fully saturated rings. The fourth-order valence-corrected chi connectivity index (χ4v) is 4.46. The Kier molecular flexibility index (Phi) is 9.23. The molecule has 0 bridgehead atoms. The van der Waals surface area contributed by atoms with Crippen LogP contribution in [0.2, 0.25) is 0 Å². The molecule has 0 saturated heterocycles. The number of nitro benzene ring substituents is 1. The summed E-state index contributed by atoms with van der Waals surface area (Å²) in [6.45, 7) is 3.42. The predicted molar refractivity (Wildman–Crippen MR) is 152 cm³/mol. The minimum absolute atomic E-state index is 0.0528. The quantitative estimate of drug-likeness (QED) is 0.174. The lowest BCUT2D eigenvalue weighted by Gasteiger charge is -2.28. The van der Waals surface area contributed by atoms with Crippen molar-refractivity contribution in [3.63, 3.8) is 0 Å². The summed E-state index contributed by atoms with van der Waals surface area (Å²) in [6, 6.07) is 16.7. The molecule has 2 amide bonds. The molecule has 1 heterocycles. The first-order chi connectivity index (χ1) is 19.7. The first-order valence-corrected chi connectivity index (χ1v) is 13.2. The summed E-state index contributed by atoms with van der Waals surface area (Å²) in [5.74, 6) is -1.39. The van der Waals surface area contributed by atoms with Gasteiger partial charge < -0.3 is 14.2 Å². The number of carbonyl (C=O) groups is 2. The second kappa shape index (κ2) is 13.0. The van der Waals surface area contributed by atoms with E-state index in [0.29, 0.717) is 28.5 Å². The lowest BCUT2D eigenvalue weighted by atomic mass is 10.1. The zero-order chi connectivity index (χ0) is 29.5. The van der Waals surface area contributed by atoms with Gasteiger partial charge in [-0.2, -0.15) is 0 Å². The molecule has 1 aromatic heterocycles. The van der Waals surface area contributed by atoms with E-state index in [0.717, 1.165) is 6.42 Å². The molecule has 212 valence electrons. The number of hydrogen-bond donors (Lipinski definition) is 0. The molecule has 9 nitrogen and oxygen atoms in total. The highest BCUT2D eigenvalue weighted by Crippen LogP contribution is 2.21. The van der Waals surface area contributed by atoms with Gasteiger partial charge in [-0.25, -0.2) is 4.39 Å². The molecular formula is C31H30FN3O6. The molecule has 0 spiro atoms. The number of fused-ring (bicyclic) bond motifs is 1. The summed E-state index contributed by atoms with van der Waals surface area (Å²) in [6.07, 6.45) is 2.68. The number of nitrogens with zero attached hydrogens (tertiary/aromatic N) is 3. The van der Waals surface area contributed by atoms with Crippen LogP contribution in [0.1, 0.15) is 46.8 Å². The maximum atomic E-state index is 13.7. The summed E-state index contributed by atoms with van der Waals surface area (Å²) < 4.78 is 19.2. The summed E-state index contributed by atoms with van der Waals surface area (Å²) in [5.41, 5.74) is 1.36. The van der Waals surface area contributed by atoms with Gasteiger partial charge in [0.2, 0.25) is 5.91 Å². The highest BCUT2D eigenvalue weighted by molar-refractivity contribution is 5.97. The molecule has 0 N–H and O–H groups in total. The van der Waals surface area contributed by atoms with Crippen molar-refractivity contribution in [1.82, 2.24) is 9.80 Å². The van der Waals surface area contributed by atoms with Crippen LogP contribution in [-0.4, -0.2) is 39.6 Å². The highest BCUT2D eigenvalue weighted by atomic mass is 19.1. The summed E-state index contributed by atoms with van der Waals surface area (Å²) in [7, 11) is 0. The van der Waals surface area contributed by atoms with E-state index < -0.39 is 22.6 Å². The van der Waals surface area contributed by atoms with Crippen LogP contribution < -0.4 is 5.43 Å². The van der Waals surface area contributed by atoms with Crippen molar-refractivity contribution < 1.29 is 23.3 Å². The third-order valence-electron chi connectivity index (χ3n) is 6.80. The Bertz CT molecular complexity index is 1630. The van der Waals surface area contributed by atoms with E-state index in [1.54, 1.807) is 43.3 Å². The number of para-hydroxylation sites is 1. The third kappa shape index (κ3) is 7.02. The van der Waals surface area contributed by atoms with Crippen LogP contribution in [0.4, 0.5) is 10.1 Å². The van der Waals surface area contributed by atoms with E-state index in [1.165, 1.54) is 46.4 Å². The van der Waals surface area contributed by atoms with E-state index >= 15 is 0 Å². The lowest BCUT2D eigenvalue weighted by molar-refractivity contribution is -0.385. The van der Waals surface area contributed by atoms with Gasteiger partial charge in [-0.05, 0) is 49.2 Å². The Morgan fingerprint density at radius 1 is 1.00 bits per heavy atom. The average molecular weight is 560 g/mol. The monoisotopic (exact) mass is 559 g/mol. The summed E-state index contributed by atoms with van der Waals surface area (Å²) in [5, 5.41) is 11.8. The molecule has 3 aromatic carbocycles. The second-order valence-corrected chi connectivity index (χ2v) is 9.80. The molecular weight excluding hydrogens is 529 g/mol. The van der Waals surface area contributed by atoms with Gasteiger partial charge in [-0.15, -0.1) is 0 Å². The van der Waals surface area contributed by atoms with Gasteiger partial charge in [-0.1, -0.05) is 43.7 Å². The Balaban J connectivity index is 1.65. The van der Waals surface area contributed by atoms with Gasteiger partial charge in [0.15, 0.2) is 5.43 Å². The normalized spacial score (nSPS) is 10.9. The van der Waals surface area contributed by atoms with Crippen molar-refractivity contribution in [1.29, 1.82) is 0 Å². The molecule has 0 saturated carbocycles. The van der Waals surface area contributed by atoms with Crippen LogP contribution in [-0.2, 0) is 17.9 Å². The number of benzene rings is 3. The van der Waals surface area contributed by atoms with E-state index in [1.807, 2.05) is 6.92 Å². The fraction of sp³-hybridized carbons (Fsp3) is 0.258. The standard InChI is InChI=1S/C31H30FN3O6/c1-3-4-15-33(31(38)23-12-9-21(2)27(16-23)35(39)40)19-29(36)34(17-22-10-13-25(32)14-11-22)18-24-20-41-28-8-6-5-7-26(28)30(24)37/h5-14,16,20H,3-4,15,17-19H2,1-2H3. The van der Waals surface area contributed by atoms with Gasteiger partial charge in [0.25, 0.3) is 11.6 Å². The minimum Gasteiger partial charge on any atom is -0.464 e. The zero-order valence-corrected chi connectivity index (χ0v) is 22.8. The molecule has 41 heavy (non-hydrogen) atoms. The van der Waals surface area contributed by atoms with Crippen LogP contribution >= 0.6 is 0 Å². The SMILES string of the molecule is CCCCN(CC(=O)N(Cc1ccc(F)cc1)Cc1coc2ccccc2c1=O)C(=O)c1ccc(C)c([N+](=O)[O-])c1. The maximum Gasteiger partial charge on any atom is 0.273 e. The van der Waals surface area contributed by atoms with Gasteiger partial charge in [0, 0.05) is 30.3 Å². The molecule has 4 aromatic rings. The average Bonchev–Trinajstić information content (AvgIpc) is 2.97.